The van der Waals surface area contributed by atoms with Gasteiger partial charge in [-0.15, -0.1) is 0 Å². The maximum absolute atomic E-state index is 13.1. The van der Waals surface area contributed by atoms with Gasteiger partial charge in [0.2, 0.25) is 0 Å². The summed E-state index contributed by atoms with van der Waals surface area (Å²) in [5.74, 6) is -1.35. The van der Waals surface area contributed by atoms with Crippen LogP contribution in [0.1, 0.15) is 21.5 Å². The molecule has 3 aromatic carbocycles. The maximum Gasteiger partial charge on any atom is 0.283 e. The molecule has 7 heteroatoms. The normalized spacial score (nSPS) is 13.5. The highest BCUT2D eigenvalue weighted by Crippen LogP contribution is 2.32. The molecule has 0 aromatic heterocycles. The summed E-state index contributed by atoms with van der Waals surface area (Å²) >= 11 is 6.26. The smallest absolute Gasteiger partial charge is 0.283 e. The van der Waals surface area contributed by atoms with Crippen LogP contribution in [0.2, 0.25) is 0 Å². The molecule has 0 bridgehead atoms. The Labute approximate surface area is 197 Å². The number of halogens is 1. The lowest BCUT2D eigenvalue weighted by atomic mass is 10.1. The third kappa shape index (κ3) is 4.25. The van der Waals surface area contributed by atoms with Gasteiger partial charge in [0.1, 0.15) is 10.7 Å². The van der Waals surface area contributed by atoms with E-state index in [1.807, 2.05) is 56.3 Å². The number of hydrogen-bond donors (Lipinski definition) is 1. The molecular weight excluding hydrogens is 438 g/mol. The Balaban J connectivity index is 1.58. The summed E-state index contributed by atoms with van der Waals surface area (Å²) in [6.45, 7) is 3.77. The van der Waals surface area contributed by atoms with Gasteiger partial charge in [0.25, 0.3) is 17.7 Å². The van der Waals surface area contributed by atoms with Crippen molar-refractivity contribution in [1.82, 2.24) is 0 Å². The number of carbonyl (C=O) groups is 3. The van der Waals surface area contributed by atoms with E-state index >= 15 is 0 Å². The first kappa shape index (κ1) is 22.3. The predicted molar refractivity (Wildman–Crippen MR) is 131 cm³/mol. The highest BCUT2D eigenvalue weighted by Gasteiger charge is 2.39. The number of anilines is 3. The van der Waals surface area contributed by atoms with Crippen LogP contribution in [-0.4, -0.2) is 24.8 Å². The number of nitrogens with one attached hydrogen (secondary N) is 1. The minimum absolute atomic E-state index is 0.0253. The van der Waals surface area contributed by atoms with Gasteiger partial charge < -0.3 is 10.2 Å². The molecule has 33 heavy (non-hydrogen) atoms. The van der Waals surface area contributed by atoms with E-state index in [1.165, 1.54) is 4.90 Å². The van der Waals surface area contributed by atoms with E-state index < -0.39 is 11.8 Å². The molecule has 1 aliphatic heterocycles. The zero-order chi connectivity index (χ0) is 23.7. The number of hydrogen-bond acceptors (Lipinski definition) is 4. The molecule has 1 heterocycles. The number of imide groups is 1. The van der Waals surface area contributed by atoms with E-state index in [0.29, 0.717) is 16.9 Å². The van der Waals surface area contributed by atoms with Crippen molar-refractivity contribution >= 4 is 46.4 Å². The Morgan fingerprint density at radius 2 is 1.64 bits per heavy atom. The lowest BCUT2D eigenvalue weighted by molar-refractivity contribution is -0.120. The van der Waals surface area contributed by atoms with Crippen molar-refractivity contribution in [2.75, 3.05) is 22.2 Å². The zero-order valence-corrected chi connectivity index (χ0v) is 19.2. The Morgan fingerprint density at radius 1 is 0.909 bits per heavy atom. The van der Waals surface area contributed by atoms with Crippen molar-refractivity contribution in [3.05, 3.63) is 100 Å². The minimum Gasteiger partial charge on any atom is -0.350 e. The highest BCUT2D eigenvalue weighted by molar-refractivity contribution is 6.53. The lowest BCUT2D eigenvalue weighted by Crippen LogP contribution is -2.32. The van der Waals surface area contributed by atoms with E-state index in [9.17, 15) is 14.4 Å². The van der Waals surface area contributed by atoms with E-state index in [4.69, 9.17) is 11.6 Å². The summed E-state index contributed by atoms with van der Waals surface area (Å²) in [6.07, 6.45) is 0. The van der Waals surface area contributed by atoms with Gasteiger partial charge in [-0.3, -0.25) is 14.4 Å². The number of aryl methyl sites for hydroxylation is 2. The molecule has 0 spiro atoms. The summed E-state index contributed by atoms with van der Waals surface area (Å²) < 4.78 is 0. The average molecular weight is 460 g/mol. The van der Waals surface area contributed by atoms with Gasteiger partial charge >= 0.3 is 0 Å². The first-order chi connectivity index (χ1) is 15.8. The van der Waals surface area contributed by atoms with Crippen molar-refractivity contribution in [3.63, 3.8) is 0 Å². The van der Waals surface area contributed by atoms with Gasteiger partial charge in [0, 0.05) is 24.0 Å². The minimum atomic E-state index is -0.591. The molecule has 1 N–H and O–H groups in total. The molecule has 0 saturated heterocycles. The SMILES string of the molecule is Cc1ccc(N2C(=O)C(Cl)=C(Nc3cccc(C(=O)N(C)c4ccccc4)c3)C2=O)c(C)c1. The fourth-order valence-electron chi connectivity index (χ4n) is 3.72. The van der Waals surface area contributed by atoms with Crippen LogP contribution in [0, 0.1) is 13.8 Å². The second kappa shape index (κ2) is 8.92. The Morgan fingerprint density at radius 3 is 2.33 bits per heavy atom. The van der Waals surface area contributed by atoms with Crippen LogP contribution < -0.4 is 15.1 Å². The second-order valence-corrected chi connectivity index (χ2v) is 8.21. The van der Waals surface area contributed by atoms with Crippen LogP contribution in [0.5, 0.6) is 0 Å². The summed E-state index contributed by atoms with van der Waals surface area (Å²) in [5, 5.41) is 2.74. The van der Waals surface area contributed by atoms with E-state index in [0.717, 1.165) is 21.7 Å². The number of amides is 3. The molecule has 0 atom stereocenters. The summed E-state index contributed by atoms with van der Waals surface area (Å²) in [6, 6.07) is 21.4. The molecule has 4 rings (SSSR count). The lowest BCUT2D eigenvalue weighted by Gasteiger charge is -2.19. The topological polar surface area (TPSA) is 69.7 Å². The largest absolute Gasteiger partial charge is 0.350 e. The number of para-hydroxylation sites is 1. The fourth-order valence-corrected chi connectivity index (χ4v) is 3.94. The standard InChI is InChI=1S/C26H22ClN3O3/c1-16-12-13-21(17(2)14-16)30-25(32)22(27)23(26(30)33)28-19-9-7-8-18(15-19)24(31)29(3)20-10-5-4-6-11-20/h4-15,28H,1-3H3. The van der Waals surface area contributed by atoms with Crippen LogP contribution >= 0.6 is 11.6 Å². The summed E-state index contributed by atoms with van der Waals surface area (Å²) in [5.41, 5.74) is 3.92. The Hall–Kier alpha value is -3.90. The zero-order valence-electron chi connectivity index (χ0n) is 18.4. The Bertz CT molecular complexity index is 1300. The van der Waals surface area contributed by atoms with Crippen molar-refractivity contribution in [2.24, 2.45) is 0 Å². The molecule has 3 amide bonds. The molecule has 0 fully saturated rings. The number of carbonyl (C=O) groups excluding carboxylic acids is 3. The van der Waals surface area contributed by atoms with Gasteiger partial charge in [-0.05, 0) is 55.8 Å². The Kier molecular flexibility index (Phi) is 6.03. The second-order valence-electron chi connectivity index (χ2n) is 7.83. The predicted octanol–water partition coefficient (Wildman–Crippen LogP) is 5.02. The average Bonchev–Trinajstić information content (AvgIpc) is 3.02. The van der Waals surface area contributed by atoms with E-state index in [2.05, 4.69) is 5.32 Å². The third-order valence-corrected chi connectivity index (χ3v) is 5.80. The highest BCUT2D eigenvalue weighted by atomic mass is 35.5. The summed E-state index contributed by atoms with van der Waals surface area (Å²) in [4.78, 5) is 41.4. The molecule has 0 aliphatic carbocycles. The summed E-state index contributed by atoms with van der Waals surface area (Å²) in [7, 11) is 1.69. The number of nitrogens with zero attached hydrogens (tertiary/aromatic N) is 2. The monoisotopic (exact) mass is 459 g/mol. The molecule has 6 nitrogen and oxygen atoms in total. The van der Waals surface area contributed by atoms with Crippen LogP contribution in [0.25, 0.3) is 0 Å². The quantitative estimate of drug-likeness (QED) is 0.544. The fraction of sp³-hybridized carbons (Fsp3) is 0.115. The van der Waals surface area contributed by atoms with Crippen LogP contribution in [0.3, 0.4) is 0 Å². The number of benzene rings is 3. The van der Waals surface area contributed by atoms with Crippen molar-refractivity contribution in [1.29, 1.82) is 0 Å². The van der Waals surface area contributed by atoms with E-state index in [-0.39, 0.29) is 16.6 Å². The van der Waals surface area contributed by atoms with Crippen molar-refractivity contribution < 1.29 is 14.4 Å². The molecule has 0 unspecified atom stereocenters. The first-order valence-electron chi connectivity index (χ1n) is 10.3. The van der Waals surface area contributed by atoms with Gasteiger partial charge in [-0.25, -0.2) is 4.90 Å². The molecule has 3 aromatic rings. The van der Waals surface area contributed by atoms with Gasteiger partial charge in [0.15, 0.2) is 0 Å². The molecule has 0 radical (unpaired) electrons. The van der Waals surface area contributed by atoms with Crippen molar-refractivity contribution in [2.45, 2.75) is 13.8 Å². The molecule has 0 saturated carbocycles. The first-order valence-corrected chi connectivity index (χ1v) is 10.7. The van der Waals surface area contributed by atoms with Crippen LogP contribution in [0.15, 0.2) is 83.5 Å². The molecule has 166 valence electrons. The van der Waals surface area contributed by atoms with Crippen LogP contribution in [0.4, 0.5) is 17.1 Å². The maximum atomic E-state index is 13.1. The van der Waals surface area contributed by atoms with Gasteiger partial charge in [-0.2, -0.15) is 0 Å². The van der Waals surface area contributed by atoms with E-state index in [1.54, 1.807) is 37.4 Å². The molecule has 1 aliphatic rings. The van der Waals surface area contributed by atoms with Crippen LogP contribution in [-0.2, 0) is 9.59 Å². The van der Waals surface area contributed by atoms with Gasteiger partial charge in [-0.1, -0.05) is 53.6 Å². The third-order valence-electron chi connectivity index (χ3n) is 5.45. The van der Waals surface area contributed by atoms with Crippen molar-refractivity contribution in [3.8, 4) is 0 Å². The molecular formula is C26H22ClN3O3. The number of rotatable bonds is 5. The van der Waals surface area contributed by atoms with Gasteiger partial charge in [0.05, 0.1) is 5.69 Å².